The first-order valence-corrected chi connectivity index (χ1v) is 8.91. The minimum absolute atomic E-state index is 0.171. The third-order valence-corrected chi connectivity index (χ3v) is 5.37. The molecule has 1 aromatic heterocycles. The molecule has 0 aromatic carbocycles. The third kappa shape index (κ3) is 4.48. The number of anilines is 1. The second kappa shape index (κ2) is 7.39. The molecule has 0 saturated heterocycles. The third-order valence-electron chi connectivity index (χ3n) is 5.37. The highest BCUT2D eigenvalue weighted by Gasteiger charge is 2.49. The molecule has 1 aromatic rings. The van der Waals surface area contributed by atoms with Gasteiger partial charge in [-0.3, -0.25) is 4.79 Å². The highest BCUT2D eigenvalue weighted by Crippen LogP contribution is 2.51. The van der Waals surface area contributed by atoms with Gasteiger partial charge in [0, 0.05) is 26.2 Å². The van der Waals surface area contributed by atoms with E-state index in [9.17, 15) is 14.7 Å². The van der Waals surface area contributed by atoms with Crippen molar-refractivity contribution in [3.8, 4) is 0 Å². The lowest BCUT2D eigenvalue weighted by atomic mass is 9.82. The van der Waals surface area contributed by atoms with Crippen molar-refractivity contribution in [1.29, 1.82) is 0 Å². The van der Waals surface area contributed by atoms with Gasteiger partial charge in [-0.15, -0.1) is 0 Å². The van der Waals surface area contributed by atoms with Crippen molar-refractivity contribution in [3.63, 3.8) is 0 Å². The number of fused-ring (bicyclic) bond motifs is 2. The normalized spacial score (nSPS) is 27.1. The predicted octanol–water partition coefficient (Wildman–Crippen LogP) is 1.78. The van der Waals surface area contributed by atoms with Crippen LogP contribution in [0.5, 0.6) is 0 Å². The lowest BCUT2D eigenvalue weighted by Gasteiger charge is -2.32. The highest BCUT2D eigenvalue weighted by molar-refractivity contribution is 5.87. The van der Waals surface area contributed by atoms with E-state index < -0.39 is 5.60 Å². The second-order valence-electron chi connectivity index (χ2n) is 7.28. The van der Waals surface area contributed by atoms with E-state index in [1.807, 2.05) is 0 Å². The summed E-state index contributed by atoms with van der Waals surface area (Å²) in [6.07, 6.45) is 6.63. The summed E-state index contributed by atoms with van der Waals surface area (Å²) in [7, 11) is 0. The molecule has 7 nitrogen and oxygen atoms in total. The van der Waals surface area contributed by atoms with Gasteiger partial charge in [-0.05, 0) is 55.6 Å². The van der Waals surface area contributed by atoms with Crippen LogP contribution in [-0.2, 0) is 11.3 Å². The summed E-state index contributed by atoms with van der Waals surface area (Å²) in [5.74, 6) is 1.40. The summed E-state index contributed by atoms with van der Waals surface area (Å²) in [4.78, 5) is 26.9. The van der Waals surface area contributed by atoms with Crippen LogP contribution in [0.1, 0.15) is 44.6 Å². The van der Waals surface area contributed by atoms with Crippen molar-refractivity contribution in [3.05, 3.63) is 23.9 Å². The number of carbonyl (C=O) groups is 2. The maximum atomic E-state index is 11.9. The van der Waals surface area contributed by atoms with E-state index in [4.69, 9.17) is 0 Å². The number of amides is 3. The fourth-order valence-corrected chi connectivity index (χ4v) is 4.14. The molecule has 25 heavy (non-hydrogen) atoms. The number of hydrogen-bond donors (Lipinski definition) is 4. The Morgan fingerprint density at radius 2 is 2.16 bits per heavy atom. The molecule has 3 unspecified atom stereocenters. The van der Waals surface area contributed by atoms with Crippen LogP contribution in [-0.4, -0.2) is 34.2 Å². The summed E-state index contributed by atoms with van der Waals surface area (Å²) in [6, 6.07) is 3.25. The van der Waals surface area contributed by atoms with Gasteiger partial charge in [-0.25, -0.2) is 9.78 Å². The Hall–Kier alpha value is -2.15. The Morgan fingerprint density at radius 1 is 1.32 bits per heavy atom. The minimum atomic E-state index is -0.584. The molecule has 0 radical (unpaired) electrons. The molecule has 2 aliphatic carbocycles. The molecule has 2 aliphatic rings. The van der Waals surface area contributed by atoms with Gasteiger partial charge in [0.25, 0.3) is 0 Å². The molecule has 0 aliphatic heterocycles. The zero-order chi connectivity index (χ0) is 17.9. The van der Waals surface area contributed by atoms with E-state index in [-0.39, 0.29) is 11.9 Å². The van der Waals surface area contributed by atoms with E-state index in [1.54, 1.807) is 18.3 Å². The lowest BCUT2D eigenvalue weighted by molar-refractivity contribution is -0.114. The average molecular weight is 346 g/mol. The molecule has 2 bridgehead atoms. The van der Waals surface area contributed by atoms with Crippen molar-refractivity contribution in [2.75, 3.05) is 11.9 Å². The maximum absolute atomic E-state index is 11.9. The van der Waals surface area contributed by atoms with Gasteiger partial charge in [0.2, 0.25) is 5.91 Å². The van der Waals surface area contributed by atoms with E-state index in [1.165, 1.54) is 13.3 Å². The van der Waals surface area contributed by atoms with Crippen molar-refractivity contribution in [1.82, 2.24) is 15.6 Å². The van der Waals surface area contributed by atoms with Gasteiger partial charge < -0.3 is 21.1 Å². The SMILES string of the molecule is CC(=O)Nc1ccc(CNC(=O)NCCC2(O)CC3CCC2C3)cn1. The first kappa shape index (κ1) is 17.7. The number of pyridine rings is 1. The van der Waals surface area contributed by atoms with Crippen LogP contribution in [0.15, 0.2) is 18.3 Å². The highest BCUT2D eigenvalue weighted by atomic mass is 16.3. The van der Waals surface area contributed by atoms with Crippen LogP contribution in [0.2, 0.25) is 0 Å². The van der Waals surface area contributed by atoms with E-state index in [2.05, 4.69) is 20.9 Å². The van der Waals surface area contributed by atoms with Gasteiger partial charge in [0.05, 0.1) is 5.60 Å². The monoisotopic (exact) mass is 346 g/mol. The Labute approximate surface area is 147 Å². The molecule has 2 fully saturated rings. The molecular formula is C18H26N4O3. The van der Waals surface area contributed by atoms with Crippen LogP contribution in [0, 0.1) is 11.8 Å². The Balaban J connectivity index is 1.36. The molecule has 3 atom stereocenters. The van der Waals surface area contributed by atoms with Gasteiger partial charge in [-0.1, -0.05) is 6.07 Å². The first-order chi connectivity index (χ1) is 11.9. The number of aliphatic hydroxyl groups is 1. The van der Waals surface area contributed by atoms with Crippen molar-refractivity contribution >= 4 is 17.8 Å². The van der Waals surface area contributed by atoms with Gasteiger partial charge in [-0.2, -0.15) is 0 Å². The molecule has 7 heteroatoms. The van der Waals surface area contributed by atoms with Crippen LogP contribution in [0.4, 0.5) is 10.6 Å². The van der Waals surface area contributed by atoms with Crippen molar-refractivity contribution < 1.29 is 14.7 Å². The number of rotatable bonds is 6. The molecular weight excluding hydrogens is 320 g/mol. The van der Waals surface area contributed by atoms with E-state index in [0.29, 0.717) is 37.2 Å². The summed E-state index contributed by atoms with van der Waals surface area (Å²) in [5, 5.41) is 18.9. The molecule has 3 rings (SSSR count). The molecule has 4 N–H and O–H groups in total. The van der Waals surface area contributed by atoms with Gasteiger partial charge >= 0.3 is 6.03 Å². The van der Waals surface area contributed by atoms with Gasteiger partial charge in [0.15, 0.2) is 0 Å². The first-order valence-electron chi connectivity index (χ1n) is 8.91. The van der Waals surface area contributed by atoms with Crippen LogP contribution >= 0.6 is 0 Å². The van der Waals surface area contributed by atoms with Crippen LogP contribution in [0.3, 0.4) is 0 Å². The van der Waals surface area contributed by atoms with Gasteiger partial charge in [0.1, 0.15) is 5.82 Å². The number of hydrogen-bond acceptors (Lipinski definition) is 4. The number of aromatic nitrogens is 1. The largest absolute Gasteiger partial charge is 0.390 e. The second-order valence-corrected chi connectivity index (χ2v) is 7.28. The topological polar surface area (TPSA) is 103 Å². The summed E-state index contributed by atoms with van der Waals surface area (Å²) >= 11 is 0. The summed E-state index contributed by atoms with van der Waals surface area (Å²) < 4.78 is 0. The Kier molecular flexibility index (Phi) is 5.22. The van der Waals surface area contributed by atoms with Crippen LogP contribution < -0.4 is 16.0 Å². The zero-order valence-electron chi connectivity index (χ0n) is 14.5. The Bertz CT molecular complexity index is 634. The fraction of sp³-hybridized carbons (Fsp3) is 0.611. The number of urea groups is 1. The van der Waals surface area contributed by atoms with Crippen LogP contribution in [0.25, 0.3) is 0 Å². The van der Waals surface area contributed by atoms with Crippen molar-refractivity contribution in [2.24, 2.45) is 11.8 Å². The minimum Gasteiger partial charge on any atom is -0.390 e. The van der Waals surface area contributed by atoms with Crippen molar-refractivity contribution in [2.45, 2.75) is 51.2 Å². The molecule has 2 saturated carbocycles. The number of nitrogens with one attached hydrogen (secondary N) is 3. The predicted molar refractivity (Wildman–Crippen MR) is 93.8 cm³/mol. The standard InChI is InChI=1S/C18H26N4O3/c1-12(23)22-16-5-3-14(10-20-16)11-21-17(24)19-7-6-18(25)9-13-2-4-15(18)8-13/h3,5,10,13,15,25H,2,4,6-9,11H2,1H3,(H2,19,21,24)(H,20,22,23). The smallest absolute Gasteiger partial charge is 0.315 e. The number of nitrogens with zero attached hydrogens (tertiary/aromatic N) is 1. The Morgan fingerprint density at radius 3 is 2.76 bits per heavy atom. The molecule has 1 heterocycles. The molecule has 136 valence electrons. The van der Waals surface area contributed by atoms with E-state index in [0.717, 1.165) is 24.8 Å². The lowest BCUT2D eigenvalue weighted by Crippen LogP contribution is -2.41. The molecule has 3 amide bonds. The molecule has 0 spiro atoms. The fourth-order valence-electron chi connectivity index (χ4n) is 4.14. The quantitative estimate of drug-likeness (QED) is 0.630. The number of carbonyl (C=O) groups excluding carboxylic acids is 2. The van der Waals surface area contributed by atoms with E-state index >= 15 is 0 Å². The average Bonchev–Trinajstić information content (AvgIpc) is 3.14. The maximum Gasteiger partial charge on any atom is 0.315 e. The summed E-state index contributed by atoms with van der Waals surface area (Å²) in [5.41, 5.74) is 0.260. The summed E-state index contributed by atoms with van der Waals surface area (Å²) in [6.45, 7) is 2.26. The zero-order valence-corrected chi connectivity index (χ0v) is 14.5.